The normalized spacial score (nSPS) is 24.9. The predicted molar refractivity (Wildman–Crippen MR) is 71.5 cm³/mol. The van der Waals surface area contributed by atoms with Crippen molar-refractivity contribution < 1.29 is 9.90 Å². The lowest BCUT2D eigenvalue weighted by Crippen LogP contribution is -2.43. The number of rotatable bonds is 5. The van der Waals surface area contributed by atoms with Crippen molar-refractivity contribution in [1.82, 2.24) is 5.32 Å². The first-order chi connectivity index (χ1) is 8.66. The molecule has 0 aliphatic heterocycles. The van der Waals surface area contributed by atoms with E-state index in [1.54, 1.807) is 6.92 Å². The standard InChI is InChI=1S/C15H21NO2/c1-11(15(17)18)16-14-9-5-8-13(14)10-12-6-3-2-4-7-12/h2-4,6-7,11,13-14,16H,5,8-10H2,1H3,(H,17,18). The summed E-state index contributed by atoms with van der Waals surface area (Å²) in [6.45, 7) is 1.72. The summed E-state index contributed by atoms with van der Waals surface area (Å²) in [4.78, 5) is 10.9. The van der Waals surface area contributed by atoms with Crippen LogP contribution in [0, 0.1) is 5.92 Å². The van der Waals surface area contributed by atoms with E-state index in [1.165, 1.54) is 18.4 Å². The Morgan fingerprint density at radius 3 is 2.78 bits per heavy atom. The molecule has 1 fully saturated rings. The second kappa shape index (κ2) is 6.01. The molecular weight excluding hydrogens is 226 g/mol. The fourth-order valence-electron chi connectivity index (χ4n) is 2.81. The molecule has 98 valence electrons. The highest BCUT2D eigenvalue weighted by Gasteiger charge is 2.29. The molecule has 0 saturated heterocycles. The van der Waals surface area contributed by atoms with Gasteiger partial charge in [-0.2, -0.15) is 0 Å². The van der Waals surface area contributed by atoms with E-state index in [-0.39, 0.29) is 0 Å². The highest BCUT2D eigenvalue weighted by atomic mass is 16.4. The Labute approximate surface area is 108 Å². The van der Waals surface area contributed by atoms with Gasteiger partial charge in [-0.05, 0) is 37.7 Å². The maximum absolute atomic E-state index is 10.9. The summed E-state index contributed by atoms with van der Waals surface area (Å²) in [6.07, 6.45) is 4.53. The summed E-state index contributed by atoms with van der Waals surface area (Å²) in [7, 11) is 0. The summed E-state index contributed by atoms with van der Waals surface area (Å²) >= 11 is 0. The quantitative estimate of drug-likeness (QED) is 0.840. The Morgan fingerprint density at radius 2 is 2.11 bits per heavy atom. The molecule has 0 heterocycles. The average Bonchev–Trinajstić information content (AvgIpc) is 2.78. The van der Waals surface area contributed by atoms with Crippen molar-refractivity contribution in [2.24, 2.45) is 5.92 Å². The second-order valence-electron chi connectivity index (χ2n) is 5.21. The molecule has 3 atom stereocenters. The topological polar surface area (TPSA) is 49.3 Å². The number of aliphatic carboxylic acids is 1. The van der Waals surface area contributed by atoms with Gasteiger partial charge < -0.3 is 10.4 Å². The Balaban J connectivity index is 1.93. The van der Waals surface area contributed by atoms with Crippen LogP contribution >= 0.6 is 0 Å². The van der Waals surface area contributed by atoms with E-state index in [2.05, 4.69) is 29.6 Å². The van der Waals surface area contributed by atoms with Crippen molar-refractivity contribution in [1.29, 1.82) is 0 Å². The fourth-order valence-corrected chi connectivity index (χ4v) is 2.81. The zero-order valence-corrected chi connectivity index (χ0v) is 10.8. The lowest BCUT2D eigenvalue weighted by atomic mass is 9.94. The van der Waals surface area contributed by atoms with Crippen LogP contribution in [-0.4, -0.2) is 23.2 Å². The highest BCUT2D eigenvalue weighted by molar-refractivity contribution is 5.72. The first-order valence-electron chi connectivity index (χ1n) is 6.69. The highest BCUT2D eigenvalue weighted by Crippen LogP contribution is 2.29. The van der Waals surface area contributed by atoms with Crippen LogP contribution in [0.3, 0.4) is 0 Å². The lowest BCUT2D eigenvalue weighted by Gasteiger charge is -2.23. The molecule has 0 aromatic heterocycles. The van der Waals surface area contributed by atoms with Crippen LogP contribution in [0.25, 0.3) is 0 Å². The first-order valence-corrected chi connectivity index (χ1v) is 6.69. The molecule has 1 aromatic rings. The molecule has 3 heteroatoms. The zero-order chi connectivity index (χ0) is 13.0. The van der Waals surface area contributed by atoms with Crippen molar-refractivity contribution in [3.8, 4) is 0 Å². The van der Waals surface area contributed by atoms with Gasteiger partial charge in [0, 0.05) is 6.04 Å². The van der Waals surface area contributed by atoms with Gasteiger partial charge in [0.1, 0.15) is 6.04 Å². The molecule has 3 unspecified atom stereocenters. The largest absolute Gasteiger partial charge is 0.480 e. The number of carboxylic acid groups (broad SMARTS) is 1. The number of carbonyl (C=O) groups is 1. The second-order valence-corrected chi connectivity index (χ2v) is 5.21. The Bertz CT molecular complexity index is 391. The van der Waals surface area contributed by atoms with Crippen LogP contribution in [0.5, 0.6) is 0 Å². The van der Waals surface area contributed by atoms with Gasteiger partial charge in [-0.15, -0.1) is 0 Å². The van der Waals surface area contributed by atoms with E-state index in [4.69, 9.17) is 5.11 Å². The molecule has 1 aromatic carbocycles. The zero-order valence-electron chi connectivity index (χ0n) is 10.8. The molecule has 18 heavy (non-hydrogen) atoms. The molecule has 0 amide bonds. The third kappa shape index (κ3) is 3.33. The van der Waals surface area contributed by atoms with Crippen LogP contribution in [-0.2, 0) is 11.2 Å². The Morgan fingerprint density at radius 1 is 1.39 bits per heavy atom. The smallest absolute Gasteiger partial charge is 0.320 e. The van der Waals surface area contributed by atoms with Gasteiger partial charge in [-0.1, -0.05) is 36.8 Å². The molecule has 1 saturated carbocycles. The minimum absolute atomic E-state index is 0.344. The van der Waals surface area contributed by atoms with Crippen molar-refractivity contribution in [2.75, 3.05) is 0 Å². The SMILES string of the molecule is CC(NC1CCCC1Cc1ccccc1)C(=O)O. The van der Waals surface area contributed by atoms with E-state index < -0.39 is 12.0 Å². The summed E-state index contributed by atoms with van der Waals surface area (Å²) in [5, 5.41) is 12.2. The van der Waals surface area contributed by atoms with E-state index >= 15 is 0 Å². The minimum Gasteiger partial charge on any atom is -0.480 e. The van der Waals surface area contributed by atoms with Crippen molar-refractivity contribution in [2.45, 2.75) is 44.7 Å². The van der Waals surface area contributed by atoms with Crippen LogP contribution in [0.2, 0.25) is 0 Å². The molecule has 2 rings (SSSR count). The van der Waals surface area contributed by atoms with Gasteiger partial charge in [-0.3, -0.25) is 4.79 Å². The molecular formula is C15H21NO2. The average molecular weight is 247 g/mol. The molecule has 0 spiro atoms. The minimum atomic E-state index is -0.764. The number of nitrogens with one attached hydrogen (secondary N) is 1. The van der Waals surface area contributed by atoms with Crippen LogP contribution in [0.1, 0.15) is 31.7 Å². The number of carboxylic acids is 1. The van der Waals surface area contributed by atoms with Gasteiger partial charge in [0.15, 0.2) is 0 Å². The number of hydrogen-bond donors (Lipinski definition) is 2. The van der Waals surface area contributed by atoms with E-state index in [0.717, 1.165) is 12.8 Å². The fraction of sp³-hybridized carbons (Fsp3) is 0.533. The molecule has 0 radical (unpaired) electrons. The predicted octanol–water partition coefficient (Wildman–Crippen LogP) is 2.46. The van der Waals surface area contributed by atoms with Gasteiger partial charge in [0.05, 0.1) is 0 Å². The molecule has 1 aliphatic carbocycles. The molecule has 1 aliphatic rings. The van der Waals surface area contributed by atoms with Crippen LogP contribution in [0.4, 0.5) is 0 Å². The van der Waals surface area contributed by atoms with Crippen molar-refractivity contribution in [3.05, 3.63) is 35.9 Å². The Hall–Kier alpha value is -1.35. The van der Waals surface area contributed by atoms with Crippen LogP contribution < -0.4 is 5.32 Å². The van der Waals surface area contributed by atoms with Gasteiger partial charge in [0.2, 0.25) is 0 Å². The van der Waals surface area contributed by atoms with Crippen LogP contribution in [0.15, 0.2) is 30.3 Å². The maximum atomic E-state index is 10.9. The first kappa shape index (κ1) is 13.1. The lowest BCUT2D eigenvalue weighted by molar-refractivity contribution is -0.139. The van der Waals surface area contributed by atoms with E-state index in [0.29, 0.717) is 12.0 Å². The van der Waals surface area contributed by atoms with Gasteiger partial charge >= 0.3 is 5.97 Å². The molecule has 0 bridgehead atoms. The van der Waals surface area contributed by atoms with Crippen molar-refractivity contribution >= 4 is 5.97 Å². The number of hydrogen-bond acceptors (Lipinski definition) is 2. The van der Waals surface area contributed by atoms with E-state index in [9.17, 15) is 4.79 Å². The third-order valence-electron chi connectivity index (χ3n) is 3.83. The maximum Gasteiger partial charge on any atom is 0.320 e. The summed E-state index contributed by atoms with van der Waals surface area (Å²) in [5.74, 6) is -0.199. The monoisotopic (exact) mass is 247 g/mol. The van der Waals surface area contributed by atoms with E-state index in [1.807, 2.05) is 6.07 Å². The van der Waals surface area contributed by atoms with Gasteiger partial charge in [0.25, 0.3) is 0 Å². The van der Waals surface area contributed by atoms with Gasteiger partial charge in [-0.25, -0.2) is 0 Å². The number of benzene rings is 1. The summed E-state index contributed by atoms with van der Waals surface area (Å²) in [5.41, 5.74) is 1.35. The Kier molecular flexibility index (Phi) is 4.37. The molecule has 3 nitrogen and oxygen atoms in total. The summed E-state index contributed by atoms with van der Waals surface area (Å²) < 4.78 is 0. The molecule has 2 N–H and O–H groups in total. The third-order valence-corrected chi connectivity index (χ3v) is 3.83. The van der Waals surface area contributed by atoms with Crippen molar-refractivity contribution in [3.63, 3.8) is 0 Å². The summed E-state index contributed by atoms with van der Waals surface area (Å²) in [6, 6.07) is 10.3.